The van der Waals surface area contributed by atoms with Crippen LogP contribution in [0.25, 0.3) is 0 Å². The molecular formula is C12H20N2O5. The van der Waals surface area contributed by atoms with E-state index in [4.69, 9.17) is 10.2 Å². The molecule has 0 unspecified atom stereocenters. The molecule has 108 valence electrons. The highest BCUT2D eigenvalue weighted by Gasteiger charge is 2.22. The van der Waals surface area contributed by atoms with Gasteiger partial charge in [-0.05, 0) is 12.8 Å². The highest BCUT2D eigenvalue weighted by Crippen LogP contribution is 2.24. The van der Waals surface area contributed by atoms with Crippen molar-refractivity contribution in [1.82, 2.24) is 10.6 Å². The average Bonchev–Trinajstić information content (AvgIpc) is 2.89. The number of carbonyl (C=O) groups excluding carboxylic acids is 2. The Kier molecular flexibility index (Phi) is 6.27. The zero-order valence-electron chi connectivity index (χ0n) is 10.7. The summed E-state index contributed by atoms with van der Waals surface area (Å²) in [6, 6.07) is 0. The van der Waals surface area contributed by atoms with Gasteiger partial charge in [-0.25, -0.2) is 4.79 Å². The van der Waals surface area contributed by atoms with E-state index < -0.39 is 18.0 Å². The van der Waals surface area contributed by atoms with Crippen molar-refractivity contribution in [2.24, 2.45) is 5.92 Å². The molecule has 0 spiro atoms. The molecule has 0 saturated heterocycles. The first-order valence-corrected chi connectivity index (χ1v) is 6.46. The summed E-state index contributed by atoms with van der Waals surface area (Å²) in [5, 5.41) is 22.3. The molecule has 1 atom stereocenters. The van der Waals surface area contributed by atoms with Crippen molar-refractivity contribution >= 4 is 17.8 Å². The van der Waals surface area contributed by atoms with E-state index in [0.29, 0.717) is 0 Å². The summed E-state index contributed by atoms with van der Waals surface area (Å²) >= 11 is 0. The van der Waals surface area contributed by atoms with Gasteiger partial charge in [0.15, 0.2) is 6.10 Å². The topological polar surface area (TPSA) is 116 Å². The molecule has 0 aromatic carbocycles. The number of carboxylic acids is 1. The first kappa shape index (κ1) is 15.4. The summed E-state index contributed by atoms with van der Waals surface area (Å²) in [5.74, 6) is -1.73. The van der Waals surface area contributed by atoms with Crippen LogP contribution in [-0.4, -0.2) is 47.2 Å². The number of carbonyl (C=O) groups is 3. The third-order valence-electron chi connectivity index (χ3n) is 3.15. The molecule has 1 fully saturated rings. The van der Waals surface area contributed by atoms with Crippen molar-refractivity contribution in [1.29, 1.82) is 0 Å². The Labute approximate surface area is 111 Å². The van der Waals surface area contributed by atoms with E-state index >= 15 is 0 Å². The number of rotatable bonds is 7. The third-order valence-corrected chi connectivity index (χ3v) is 3.15. The van der Waals surface area contributed by atoms with E-state index in [0.717, 1.165) is 25.7 Å². The monoisotopic (exact) mass is 272 g/mol. The molecule has 1 saturated carbocycles. The summed E-state index contributed by atoms with van der Waals surface area (Å²) in [7, 11) is 0. The fourth-order valence-corrected chi connectivity index (χ4v) is 2.02. The molecule has 4 N–H and O–H groups in total. The standard InChI is InChI=1S/C12H20N2O5/c15-9(12(18)19)7-14-10(16)5-6-13-11(17)8-3-1-2-4-8/h8-9,15H,1-7H2,(H,13,17)(H,14,16)(H,18,19)/t9-/m0/s1. The predicted molar refractivity (Wildman–Crippen MR) is 66.2 cm³/mol. The van der Waals surface area contributed by atoms with Gasteiger partial charge < -0.3 is 20.8 Å². The van der Waals surface area contributed by atoms with Gasteiger partial charge in [0.05, 0.1) is 6.54 Å². The van der Waals surface area contributed by atoms with Crippen molar-refractivity contribution in [3.05, 3.63) is 0 Å². The van der Waals surface area contributed by atoms with Gasteiger partial charge in [0.25, 0.3) is 0 Å². The number of amides is 2. The first-order chi connectivity index (χ1) is 9.00. The molecule has 1 aliphatic rings. The SMILES string of the molecule is O=C(CCNC(=O)C1CCCC1)NC[C@H](O)C(=O)O. The second-order valence-corrected chi connectivity index (χ2v) is 4.68. The molecule has 19 heavy (non-hydrogen) atoms. The lowest BCUT2D eigenvalue weighted by Gasteiger charge is -2.11. The van der Waals surface area contributed by atoms with Gasteiger partial charge in [-0.3, -0.25) is 9.59 Å². The van der Waals surface area contributed by atoms with Crippen LogP contribution in [0.15, 0.2) is 0 Å². The Morgan fingerprint density at radius 1 is 1.16 bits per heavy atom. The smallest absolute Gasteiger partial charge is 0.334 e. The molecule has 0 aromatic rings. The molecule has 0 aliphatic heterocycles. The molecule has 0 bridgehead atoms. The molecular weight excluding hydrogens is 252 g/mol. The van der Waals surface area contributed by atoms with Crippen LogP contribution < -0.4 is 10.6 Å². The lowest BCUT2D eigenvalue weighted by atomic mass is 10.1. The molecule has 0 aromatic heterocycles. The summed E-state index contributed by atoms with van der Waals surface area (Å²) in [5.41, 5.74) is 0. The fourth-order valence-electron chi connectivity index (χ4n) is 2.02. The maximum atomic E-state index is 11.6. The molecule has 7 heteroatoms. The number of hydrogen-bond acceptors (Lipinski definition) is 4. The lowest BCUT2D eigenvalue weighted by Crippen LogP contribution is -2.38. The Balaban J connectivity index is 2.09. The van der Waals surface area contributed by atoms with E-state index in [9.17, 15) is 14.4 Å². The van der Waals surface area contributed by atoms with Gasteiger partial charge in [-0.2, -0.15) is 0 Å². The van der Waals surface area contributed by atoms with Gasteiger partial charge in [0.2, 0.25) is 11.8 Å². The minimum Gasteiger partial charge on any atom is -0.479 e. The van der Waals surface area contributed by atoms with Crippen LogP contribution in [0.5, 0.6) is 0 Å². The summed E-state index contributed by atoms with van der Waals surface area (Å²) in [6.07, 6.45) is 2.44. The average molecular weight is 272 g/mol. The predicted octanol–water partition coefficient (Wildman–Crippen LogP) is -0.755. The van der Waals surface area contributed by atoms with E-state index in [-0.39, 0.29) is 31.3 Å². The van der Waals surface area contributed by atoms with E-state index in [1.54, 1.807) is 0 Å². The van der Waals surface area contributed by atoms with Crippen molar-refractivity contribution in [3.8, 4) is 0 Å². The third kappa shape index (κ3) is 5.69. The molecule has 0 radical (unpaired) electrons. The van der Waals surface area contributed by atoms with Crippen LogP contribution in [0.3, 0.4) is 0 Å². The molecule has 0 heterocycles. The Bertz CT molecular complexity index is 339. The van der Waals surface area contributed by atoms with Crippen molar-refractivity contribution in [2.75, 3.05) is 13.1 Å². The molecule has 7 nitrogen and oxygen atoms in total. The van der Waals surface area contributed by atoms with Crippen LogP contribution in [0, 0.1) is 5.92 Å². The fraction of sp³-hybridized carbons (Fsp3) is 0.750. The molecule has 1 aliphatic carbocycles. The van der Waals surface area contributed by atoms with Crippen molar-refractivity contribution < 1.29 is 24.6 Å². The Morgan fingerprint density at radius 3 is 2.37 bits per heavy atom. The number of hydrogen-bond donors (Lipinski definition) is 4. The maximum absolute atomic E-state index is 11.6. The van der Waals surface area contributed by atoms with Gasteiger partial charge >= 0.3 is 5.97 Å². The van der Waals surface area contributed by atoms with E-state index in [2.05, 4.69) is 10.6 Å². The second-order valence-electron chi connectivity index (χ2n) is 4.68. The highest BCUT2D eigenvalue weighted by atomic mass is 16.4. The maximum Gasteiger partial charge on any atom is 0.334 e. The zero-order chi connectivity index (χ0) is 14.3. The van der Waals surface area contributed by atoms with E-state index in [1.807, 2.05) is 0 Å². The number of aliphatic carboxylic acids is 1. The number of nitrogens with one attached hydrogen (secondary N) is 2. The van der Waals surface area contributed by atoms with Crippen LogP contribution in [0.2, 0.25) is 0 Å². The number of aliphatic hydroxyl groups excluding tert-OH is 1. The van der Waals surface area contributed by atoms with E-state index in [1.165, 1.54) is 0 Å². The van der Waals surface area contributed by atoms with Crippen LogP contribution in [0.4, 0.5) is 0 Å². The summed E-state index contributed by atoms with van der Waals surface area (Å²) in [4.78, 5) is 33.2. The largest absolute Gasteiger partial charge is 0.479 e. The van der Waals surface area contributed by atoms with Crippen molar-refractivity contribution in [2.45, 2.75) is 38.2 Å². The minimum atomic E-state index is -1.60. The van der Waals surface area contributed by atoms with Gasteiger partial charge in [0.1, 0.15) is 0 Å². The van der Waals surface area contributed by atoms with Crippen molar-refractivity contribution in [3.63, 3.8) is 0 Å². The normalized spacial score (nSPS) is 16.9. The zero-order valence-corrected chi connectivity index (χ0v) is 10.7. The van der Waals surface area contributed by atoms with Gasteiger partial charge in [-0.15, -0.1) is 0 Å². The van der Waals surface area contributed by atoms with Crippen LogP contribution in [-0.2, 0) is 14.4 Å². The van der Waals surface area contributed by atoms with Crippen LogP contribution >= 0.6 is 0 Å². The first-order valence-electron chi connectivity index (χ1n) is 6.46. The number of aliphatic hydroxyl groups is 1. The minimum absolute atomic E-state index is 0.0177. The quantitative estimate of drug-likeness (QED) is 0.486. The Morgan fingerprint density at radius 2 is 1.79 bits per heavy atom. The van der Waals surface area contributed by atoms with Gasteiger partial charge in [0, 0.05) is 18.9 Å². The van der Waals surface area contributed by atoms with Gasteiger partial charge in [-0.1, -0.05) is 12.8 Å². The highest BCUT2D eigenvalue weighted by molar-refractivity contribution is 5.81. The lowest BCUT2D eigenvalue weighted by molar-refractivity contribution is -0.146. The summed E-state index contributed by atoms with van der Waals surface area (Å²) < 4.78 is 0. The van der Waals surface area contributed by atoms with Crippen LogP contribution in [0.1, 0.15) is 32.1 Å². The number of carboxylic acid groups (broad SMARTS) is 1. The summed E-state index contributed by atoms with van der Waals surface area (Å²) in [6.45, 7) is -0.102. The molecule has 1 rings (SSSR count). The Hall–Kier alpha value is -1.63. The molecule has 2 amide bonds. The second kappa shape index (κ2) is 7.73.